The molecule has 0 amide bonds. The van der Waals surface area contributed by atoms with Gasteiger partial charge in [-0.1, -0.05) is 18.5 Å². The molecule has 5 nitrogen and oxygen atoms in total. The van der Waals surface area contributed by atoms with Crippen LogP contribution in [0.15, 0.2) is 41.3 Å². The lowest BCUT2D eigenvalue weighted by molar-refractivity contribution is 0.528. The van der Waals surface area contributed by atoms with E-state index in [0.717, 1.165) is 21.1 Å². The zero-order chi connectivity index (χ0) is 17.3. The van der Waals surface area contributed by atoms with Crippen molar-refractivity contribution in [3.05, 3.63) is 55.5 Å². The SMILES string of the molecule is CCC(C)n1c(=O)ccc2cnc(Nc3ccc(I)c(Cl)c3)nc21. The highest BCUT2D eigenvalue weighted by atomic mass is 127. The maximum absolute atomic E-state index is 12.2. The predicted molar refractivity (Wildman–Crippen MR) is 106 cm³/mol. The van der Waals surface area contributed by atoms with Gasteiger partial charge < -0.3 is 5.32 Å². The Hall–Kier alpha value is -1.67. The zero-order valence-corrected chi connectivity index (χ0v) is 16.2. The molecule has 0 saturated carbocycles. The normalized spacial score (nSPS) is 12.3. The van der Waals surface area contributed by atoms with Crippen molar-refractivity contribution in [1.29, 1.82) is 0 Å². The molecule has 1 aromatic carbocycles. The summed E-state index contributed by atoms with van der Waals surface area (Å²) in [5.74, 6) is 0.433. The average molecular weight is 455 g/mol. The predicted octanol–water partition coefficient (Wildman–Crippen LogP) is 4.76. The lowest BCUT2D eigenvalue weighted by atomic mass is 10.2. The molecule has 1 atom stereocenters. The van der Waals surface area contributed by atoms with E-state index in [-0.39, 0.29) is 11.6 Å². The van der Waals surface area contributed by atoms with E-state index in [1.165, 1.54) is 0 Å². The number of hydrogen-bond donors (Lipinski definition) is 1. The van der Waals surface area contributed by atoms with Gasteiger partial charge in [0.1, 0.15) is 5.65 Å². The molecule has 1 N–H and O–H groups in total. The molecule has 1 unspecified atom stereocenters. The third-order valence-corrected chi connectivity index (χ3v) is 5.45. The number of aromatic nitrogens is 3. The second kappa shape index (κ2) is 7.06. The van der Waals surface area contributed by atoms with Crippen molar-refractivity contribution in [3.8, 4) is 0 Å². The van der Waals surface area contributed by atoms with Gasteiger partial charge in [0.05, 0.1) is 5.02 Å². The van der Waals surface area contributed by atoms with E-state index in [1.54, 1.807) is 22.9 Å². The maximum Gasteiger partial charge on any atom is 0.252 e. The molecule has 124 valence electrons. The van der Waals surface area contributed by atoms with Crippen LogP contribution in [-0.2, 0) is 0 Å². The monoisotopic (exact) mass is 454 g/mol. The van der Waals surface area contributed by atoms with Crippen LogP contribution in [0.4, 0.5) is 11.6 Å². The standard InChI is InChI=1S/C17H16ClIN4O/c1-3-10(2)23-15(24)7-4-11-9-20-17(22-16(11)23)21-12-5-6-14(19)13(18)8-12/h4-10H,3H2,1-2H3,(H,20,21,22). The van der Waals surface area contributed by atoms with Gasteiger partial charge in [0.25, 0.3) is 5.56 Å². The molecule has 0 radical (unpaired) electrons. The third kappa shape index (κ3) is 3.39. The molecule has 0 aliphatic rings. The first-order valence-electron chi connectivity index (χ1n) is 7.60. The van der Waals surface area contributed by atoms with Crippen LogP contribution in [0, 0.1) is 3.57 Å². The first kappa shape index (κ1) is 17.2. The molecule has 0 aliphatic carbocycles. The lowest BCUT2D eigenvalue weighted by Gasteiger charge is -2.15. The summed E-state index contributed by atoms with van der Waals surface area (Å²) in [6.45, 7) is 4.05. The number of pyridine rings is 1. The smallest absolute Gasteiger partial charge is 0.252 e. The summed E-state index contributed by atoms with van der Waals surface area (Å²) in [5.41, 5.74) is 1.37. The van der Waals surface area contributed by atoms with Crippen molar-refractivity contribution >= 4 is 56.9 Å². The van der Waals surface area contributed by atoms with E-state index in [1.807, 2.05) is 32.0 Å². The van der Waals surface area contributed by atoms with E-state index >= 15 is 0 Å². The first-order chi connectivity index (χ1) is 11.5. The van der Waals surface area contributed by atoms with Crippen molar-refractivity contribution < 1.29 is 0 Å². The van der Waals surface area contributed by atoms with Crippen LogP contribution >= 0.6 is 34.2 Å². The van der Waals surface area contributed by atoms with Gasteiger partial charge in [-0.25, -0.2) is 4.98 Å². The van der Waals surface area contributed by atoms with Crippen LogP contribution in [0.1, 0.15) is 26.3 Å². The molecule has 0 bridgehead atoms. The van der Waals surface area contributed by atoms with Crippen molar-refractivity contribution in [2.45, 2.75) is 26.3 Å². The Kier molecular flexibility index (Phi) is 5.05. The number of fused-ring (bicyclic) bond motifs is 1. The number of hydrogen-bond acceptors (Lipinski definition) is 4. The van der Waals surface area contributed by atoms with Gasteiger partial charge >= 0.3 is 0 Å². The Labute approximate surface area is 158 Å². The number of nitrogens with one attached hydrogen (secondary N) is 1. The average Bonchev–Trinajstić information content (AvgIpc) is 2.57. The summed E-state index contributed by atoms with van der Waals surface area (Å²) in [5, 5.41) is 4.64. The molecule has 0 saturated heterocycles. The fraction of sp³-hybridized carbons (Fsp3) is 0.235. The Morgan fingerprint density at radius 1 is 1.33 bits per heavy atom. The van der Waals surface area contributed by atoms with Crippen LogP contribution in [0.2, 0.25) is 5.02 Å². The second-order valence-corrected chi connectivity index (χ2v) is 7.09. The van der Waals surface area contributed by atoms with E-state index < -0.39 is 0 Å². The van der Waals surface area contributed by atoms with Crippen molar-refractivity contribution in [1.82, 2.24) is 14.5 Å². The topological polar surface area (TPSA) is 59.8 Å². The Morgan fingerprint density at radius 3 is 2.83 bits per heavy atom. The second-order valence-electron chi connectivity index (χ2n) is 5.53. The lowest BCUT2D eigenvalue weighted by Crippen LogP contribution is -2.23. The number of benzene rings is 1. The fourth-order valence-corrected chi connectivity index (χ4v) is 2.93. The van der Waals surface area contributed by atoms with Gasteiger partial charge in [-0.3, -0.25) is 9.36 Å². The minimum atomic E-state index is -0.0567. The van der Waals surface area contributed by atoms with Crippen LogP contribution in [-0.4, -0.2) is 14.5 Å². The summed E-state index contributed by atoms with van der Waals surface area (Å²) in [6.07, 6.45) is 2.57. The fourth-order valence-electron chi connectivity index (χ4n) is 2.41. The Morgan fingerprint density at radius 2 is 2.12 bits per heavy atom. The molecule has 3 aromatic rings. The molecule has 3 rings (SSSR count). The van der Waals surface area contributed by atoms with E-state index in [2.05, 4.69) is 37.9 Å². The zero-order valence-electron chi connectivity index (χ0n) is 13.3. The number of halogens is 2. The molecular formula is C17H16ClIN4O. The molecule has 7 heteroatoms. The summed E-state index contributed by atoms with van der Waals surface area (Å²) in [7, 11) is 0. The largest absolute Gasteiger partial charge is 0.324 e. The van der Waals surface area contributed by atoms with Gasteiger partial charge in [0.2, 0.25) is 5.95 Å². The number of anilines is 2. The molecule has 0 fully saturated rings. The summed E-state index contributed by atoms with van der Waals surface area (Å²) >= 11 is 8.32. The molecular weight excluding hydrogens is 439 g/mol. The van der Waals surface area contributed by atoms with Gasteiger partial charge in [0.15, 0.2) is 0 Å². The molecule has 2 aromatic heterocycles. The molecule has 24 heavy (non-hydrogen) atoms. The summed E-state index contributed by atoms with van der Waals surface area (Å²) in [6, 6.07) is 9.03. The maximum atomic E-state index is 12.2. The van der Waals surface area contributed by atoms with Gasteiger partial charge in [-0.2, -0.15) is 4.98 Å². The van der Waals surface area contributed by atoms with E-state index in [9.17, 15) is 4.79 Å². The van der Waals surface area contributed by atoms with E-state index in [4.69, 9.17) is 11.6 Å². The van der Waals surface area contributed by atoms with Gasteiger partial charge in [0, 0.05) is 32.9 Å². The molecule has 0 spiro atoms. The minimum absolute atomic E-state index is 0.0567. The summed E-state index contributed by atoms with van der Waals surface area (Å²) in [4.78, 5) is 21.1. The third-order valence-electron chi connectivity index (χ3n) is 3.87. The van der Waals surface area contributed by atoms with Crippen LogP contribution in [0.5, 0.6) is 0 Å². The summed E-state index contributed by atoms with van der Waals surface area (Å²) < 4.78 is 2.69. The number of rotatable bonds is 4. The first-order valence-corrected chi connectivity index (χ1v) is 9.05. The Balaban J connectivity index is 2.06. The van der Waals surface area contributed by atoms with Crippen LogP contribution in [0.25, 0.3) is 11.0 Å². The number of nitrogens with zero attached hydrogens (tertiary/aromatic N) is 3. The minimum Gasteiger partial charge on any atom is -0.324 e. The van der Waals surface area contributed by atoms with Crippen molar-refractivity contribution in [2.24, 2.45) is 0 Å². The highest BCUT2D eigenvalue weighted by molar-refractivity contribution is 14.1. The van der Waals surface area contributed by atoms with Crippen molar-refractivity contribution in [3.63, 3.8) is 0 Å². The molecule has 0 aliphatic heterocycles. The highest BCUT2D eigenvalue weighted by Gasteiger charge is 2.11. The molecule has 2 heterocycles. The van der Waals surface area contributed by atoms with E-state index in [0.29, 0.717) is 16.6 Å². The van der Waals surface area contributed by atoms with Crippen LogP contribution < -0.4 is 10.9 Å². The van der Waals surface area contributed by atoms with Crippen molar-refractivity contribution in [2.75, 3.05) is 5.32 Å². The quantitative estimate of drug-likeness (QED) is 0.577. The highest BCUT2D eigenvalue weighted by Crippen LogP contribution is 2.24. The van der Waals surface area contributed by atoms with Crippen LogP contribution in [0.3, 0.4) is 0 Å². The van der Waals surface area contributed by atoms with Gasteiger partial charge in [-0.05, 0) is 60.2 Å². The Bertz CT molecular complexity index is 957. The van der Waals surface area contributed by atoms with Gasteiger partial charge in [-0.15, -0.1) is 0 Å².